The molecule has 1 aromatic carbocycles. The highest BCUT2D eigenvalue weighted by Gasteiger charge is 2.32. The van der Waals surface area contributed by atoms with Crippen LogP contribution in [0.3, 0.4) is 0 Å². The smallest absolute Gasteiger partial charge is 0.422 e. The van der Waals surface area contributed by atoms with Crippen molar-refractivity contribution in [3.63, 3.8) is 0 Å². The lowest BCUT2D eigenvalue weighted by Crippen LogP contribution is -2.43. The second-order valence-electron chi connectivity index (χ2n) is 4.23. The second kappa shape index (κ2) is 4.99. The largest absolute Gasteiger partial charge is 0.439 e. The lowest BCUT2D eigenvalue weighted by atomic mass is 10.2. The van der Waals surface area contributed by atoms with Gasteiger partial charge in [0.1, 0.15) is 0 Å². The van der Waals surface area contributed by atoms with E-state index in [0.29, 0.717) is 18.8 Å². The third-order valence-electron chi connectivity index (χ3n) is 2.82. The molecule has 0 radical (unpaired) electrons. The number of halogens is 3. The number of nitrogens with zero attached hydrogens (tertiary/aromatic N) is 2. The minimum absolute atomic E-state index is 0.296. The van der Waals surface area contributed by atoms with Crippen molar-refractivity contribution < 1.29 is 22.7 Å². The highest BCUT2D eigenvalue weighted by molar-refractivity contribution is 5.93. The summed E-state index contributed by atoms with van der Waals surface area (Å²) in [5.74, 6) is 0. The fraction of sp³-hybridized carbons (Fsp3) is 0.417. The Labute approximate surface area is 108 Å². The molecule has 0 unspecified atom stereocenters. The molecule has 2 rings (SSSR count). The Morgan fingerprint density at radius 1 is 1.26 bits per heavy atom. The molecule has 1 heterocycles. The average Bonchev–Trinajstić information content (AvgIpc) is 2.36. The Kier molecular flexibility index (Phi) is 3.55. The molecule has 19 heavy (non-hydrogen) atoms. The van der Waals surface area contributed by atoms with Crippen LogP contribution in [0.2, 0.25) is 0 Å². The van der Waals surface area contributed by atoms with Gasteiger partial charge in [-0.3, -0.25) is 4.90 Å². The number of para-hydroxylation sites is 2. The van der Waals surface area contributed by atoms with Crippen LogP contribution in [-0.4, -0.2) is 39.0 Å². The monoisotopic (exact) mass is 274 g/mol. The molecule has 7 heteroatoms. The number of benzene rings is 1. The summed E-state index contributed by atoms with van der Waals surface area (Å²) < 4.78 is 40.4. The second-order valence-corrected chi connectivity index (χ2v) is 4.23. The van der Waals surface area contributed by atoms with E-state index in [-0.39, 0.29) is 0 Å². The summed E-state index contributed by atoms with van der Waals surface area (Å²) in [6.07, 6.45) is -5.49. The summed E-state index contributed by atoms with van der Waals surface area (Å²) in [6, 6.07) is 7.01. The molecule has 0 saturated heterocycles. The van der Waals surface area contributed by atoms with E-state index in [1.165, 1.54) is 4.90 Å². The first-order valence-electron chi connectivity index (χ1n) is 5.70. The Balaban J connectivity index is 2.14. The lowest BCUT2D eigenvalue weighted by Gasteiger charge is -2.34. The summed E-state index contributed by atoms with van der Waals surface area (Å²) in [5, 5.41) is 0. The number of likely N-dealkylation sites (N-methyl/N-ethyl adjacent to an activating group) is 1. The van der Waals surface area contributed by atoms with Gasteiger partial charge in [-0.2, -0.15) is 13.2 Å². The molecule has 1 aliphatic rings. The van der Waals surface area contributed by atoms with Crippen molar-refractivity contribution >= 4 is 17.5 Å². The van der Waals surface area contributed by atoms with Crippen molar-refractivity contribution in [2.24, 2.45) is 0 Å². The first-order chi connectivity index (χ1) is 8.88. The standard InChI is InChI=1S/C12H13F3N2O2/c1-16-6-7-17(10-5-3-2-4-9(10)16)11(18)19-8-12(13,14)15/h2-5H,6-8H2,1H3. The Bertz CT molecular complexity index is 476. The average molecular weight is 274 g/mol. The fourth-order valence-electron chi connectivity index (χ4n) is 1.92. The van der Waals surface area contributed by atoms with Gasteiger partial charge in [-0.1, -0.05) is 12.1 Å². The maximum Gasteiger partial charge on any atom is 0.422 e. The van der Waals surface area contributed by atoms with Crippen LogP contribution in [0.1, 0.15) is 0 Å². The molecule has 1 amide bonds. The van der Waals surface area contributed by atoms with Crippen LogP contribution >= 0.6 is 0 Å². The SMILES string of the molecule is CN1CCN(C(=O)OCC(F)(F)F)c2ccccc21. The molecule has 0 atom stereocenters. The summed E-state index contributed by atoms with van der Waals surface area (Å²) in [5.41, 5.74) is 1.35. The molecule has 104 valence electrons. The minimum atomic E-state index is -4.51. The van der Waals surface area contributed by atoms with Crippen LogP contribution in [0.15, 0.2) is 24.3 Å². The van der Waals surface area contributed by atoms with Crippen LogP contribution in [0.4, 0.5) is 29.3 Å². The van der Waals surface area contributed by atoms with Crippen molar-refractivity contribution in [1.29, 1.82) is 0 Å². The molecule has 1 aliphatic heterocycles. The van der Waals surface area contributed by atoms with E-state index in [9.17, 15) is 18.0 Å². The normalized spacial score (nSPS) is 15.2. The molecule has 0 fully saturated rings. The molecular formula is C12H13F3N2O2. The van der Waals surface area contributed by atoms with Crippen molar-refractivity contribution in [2.45, 2.75) is 6.18 Å². The summed E-state index contributed by atoms with van der Waals surface area (Å²) in [6.45, 7) is -0.733. The first-order valence-corrected chi connectivity index (χ1v) is 5.70. The van der Waals surface area contributed by atoms with Gasteiger partial charge in [-0.05, 0) is 12.1 Å². The van der Waals surface area contributed by atoms with Gasteiger partial charge in [0.25, 0.3) is 0 Å². The van der Waals surface area contributed by atoms with E-state index < -0.39 is 18.9 Å². The maximum absolute atomic E-state index is 12.0. The van der Waals surface area contributed by atoms with E-state index in [1.807, 2.05) is 11.9 Å². The van der Waals surface area contributed by atoms with Crippen molar-refractivity contribution in [3.05, 3.63) is 24.3 Å². The van der Waals surface area contributed by atoms with Crippen LogP contribution < -0.4 is 9.80 Å². The van der Waals surface area contributed by atoms with Gasteiger partial charge in [0.05, 0.1) is 11.4 Å². The number of hydrogen-bond donors (Lipinski definition) is 0. The maximum atomic E-state index is 12.0. The lowest BCUT2D eigenvalue weighted by molar-refractivity contribution is -0.159. The molecule has 0 spiro atoms. The molecular weight excluding hydrogens is 261 g/mol. The topological polar surface area (TPSA) is 32.8 Å². The summed E-state index contributed by atoms with van der Waals surface area (Å²) in [4.78, 5) is 14.9. The van der Waals surface area contributed by atoms with Gasteiger partial charge in [-0.25, -0.2) is 4.79 Å². The predicted octanol–water partition coefficient (Wildman–Crippen LogP) is 2.64. The number of rotatable bonds is 1. The van der Waals surface area contributed by atoms with Gasteiger partial charge in [0, 0.05) is 20.1 Å². The van der Waals surface area contributed by atoms with Gasteiger partial charge in [-0.15, -0.1) is 0 Å². The highest BCUT2D eigenvalue weighted by Crippen LogP contribution is 2.32. The summed E-state index contributed by atoms with van der Waals surface area (Å²) >= 11 is 0. The molecule has 1 aromatic rings. The number of hydrogen-bond acceptors (Lipinski definition) is 3. The van der Waals surface area contributed by atoms with Crippen molar-refractivity contribution in [3.8, 4) is 0 Å². The molecule has 0 aliphatic carbocycles. The van der Waals surface area contributed by atoms with Crippen LogP contribution in [0, 0.1) is 0 Å². The van der Waals surface area contributed by atoms with Crippen LogP contribution in [0.5, 0.6) is 0 Å². The Morgan fingerprint density at radius 2 is 1.89 bits per heavy atom. The number of carbonyl (C=O) groups excluding carboxylic acids is 1. The molecule has 0 saturated carbocycles. The van der Waals surface area contributed by atoms with E-state index in [0.717, 1.165) is 5.69 Å². The summed E-state index contributed by atoms with van der Waals surface area (Å²) in [7, 11) is 1.86. The predicted molar refractivity (Wildman–Crippen MR) is 64.5 cm³/mol. The Hall–Kier alpha value is -1.92. The van der Waals surface area contributed by atoms with E-state index in [4.69, 9.17) is 0 Å². The van der Waals surface area contributed by atoms with E-state index in [1.54, 1.807) is 24.3 Å². The quantitative estimate of drug-likeness (QED) is 0.789. The zero-order valence-corrected chi connectivity index (χ0v) is 10.3. The third kappa shape index (κ3) is 3.10. The number of anilines is 2. The van der Waals surface area contributed by atoms with Crippen LogP contribution in [0.25, 0.3) is 0 Å². The first kappa shape index (κ1) is 13.5. The van der Waals surface area contributed by atoms with E-state index >= 15 is 0 Å². The van der Waals surface area contributed by atoms with Crippen LogP contribution in [-0.2, 0) is 4.74 Å². The zero-order chi connectivity index (χ0) is 14.0. The Morgan fingerprint density at radius 3 is 2.53 bits per heavy atom. The zero-order valence-electron chi connectivity index (χ0n) is 10.3. The molecule has 0 bridgehead atoms. The van der Waals surface area contributed by atoms with Gasteiger partial charge in [0.15, 0.2) is 6.61 Å². The number of alkyl halides is 3. The van der Waals surface area contributed by atoms with Gasteiger partial charge >= 0.3 is 12.3 Å². The number of amides is 1. The fourth-order valence-corrected chi connectivity index (χ4v) is 1.92. The molecule has 4 nitrogen and oxygen atoms in total. The number of fused-ring (bicyclic) bond motifs is 1. The van der Waals surface area contributed by atoms with Gasteiger partial charge < -0.3 is 9.64 Å². The van der Waals surface area contributed by atoms with Gasteiger partial charge in [0.2, 0.25) is 0 Å². The van der Waals surface area contributed by atoms with Crippen molar-refractivity contribution in [1.82, 2.24) is 0 Å². The molecule has 0 N–H and O–H groups in total. The molecule has 0 aromatic heterocycles. The van der Waals surface area contributed by atoms with E-state index in [2.05, 4.69) is 4.74 Å². The number of ether oxygens (including phenoxy) is 1. The number of carbonyl (C=O) groups is 1. The minimum Gasteiger partial charge on any atom is -0.439 e. The third-order valence-corrected chi connectivity index (χ3v) is 2.82. The highest BCUT2D eigenvalue weighted by atomic mass is 19.4. The van der Waals surface area contributed by atoms with Crippen molar-refractivity contribution in [2.75, 3.05) is 36.5 Å².